The molecule has 6 heteroatoms. The third-order valence-corrected chi connectivity index (χ3v) is 5.78. The van der Waals surface area contributed by atoms with E-state index >= 15 is 0 Å². The Morgan fingerprint density at radius 2 is 1.84 bits per heavy atom. The van der Waals surface area contributed by atoms with Crippen molar-refractivity contribution in [1.82, 2.24) is 14.5 Å². The van der Waals surface area contributed by atoms with E-state index in [1.165, 1.54) is 19.3 Å². The van der Waals surface area contributed by atoms with Crippen molar-refractivity contribution in [3.05, 3.63) is 93.7 Å². The van der Waals surface area contributed by atoms with Crippen LogP contribution in [0.1, 0.15) is 46.3 Å². The molecule has 0 radical (unpaired) electrons. The van der Waals surface area contributed by atoms with E-state index in [2.05, 4.69) is 15.2 Å². The summed E-state index contributed by atoms with van der Waals surface area (Å²) in [5.74, 6) is -0.367. The van der Waals surface area contributed by atoms with Crippen LogP contribution >= 0.6 is 0 Å². The van der Waals surface area contributed by atoms with Crippen LogP contribution in [-0.2, 0) is 13.1 Å². The zero-order valence-electron chi connectivity index (χ0n) is 17.9. The lowest BCUT2D eigenvalue weighted by Gasteiger charge is -2.27. The molecule has 1 aliphatic rings. The molecule has 0 spiro atoms. The first-order valence-corrected chi connectivity index (χ1v) is 10.8. The van der Waals surface area contributed by atoms with Crippen molar-refractivity contribution >= 4 is 11.6 Å². The third-order valence-electron chi connectivity index (χ3n) is 5.78. The molecule has 6 nitrogen and oxygen atoms in total. The third kappa shape index (κ3) is 5.09. The molecule has 0 atom stereocenters. The van der Waals surface area contributed by atoms with Gasteiger partial charge in [0.15, 0.2) is 0 Å². The maximum atomic E-state index is 13.2. The molecule has 0 bridgehead atoms. The number of nitrogens with one attached hydrogen (secondary N) is 1. The Morgan fingerprint density at radius 3 is 2.61 bits per heavy atom. The molecule has 1 amide bonds. The van der Waals surface area contributed by atoms with Crippen LogP contribution in [0.5, 0.6) is 0 Å². The summed E-state index contributed by atoms with van der Waals surface area (Å²) in [5, 5.41) is 3.00. The highest BCUT2D eigenvalue weighted by atomic mass is 16.2. The molecule has 1 fully saturated rings. The van der Waals surface area contributed by atoms with E-state index in [1.807, 2.05) is 42.5 Å². The predicted octanol–water partition coefficient (Wildman–Crippen LogP) is 3.84. The molecule has 2 aromatic heterocycles. The average Bonchev–Trinajstić information content (AvgIpc) is 2.79. The number of piperidine rings is 1. The number of rotatable bonds is 6. The number of pyridine rings is 2. The Hall–Kier alpha value is -3.25. The number of anilines is 1. The van der Waals surface area contributed by atoms with E-state index in [9.17, 15) is 9.59 Å². The van der Waals surface area contributed by atoms with Crippen LogP contribution in [0.15, 0.2) is 65.8 Å². The average molecular weight is 417 g/mol. The second-order valence-electron chi connectivity index (χ2n) is 8.12. The standard InChI is InChI=1S/C25H28N4O2/c1-19-11-15-29(17-20-8-7-12-26-16-20)25(31)23(19)24(30)27-22-10-4-3-9-21(22)18-28-13-5-2-6-14-28/h3-4,7-12,15-16H,2,5-6,13-14,17-18H2,1H3,(H,27,30). The van der Waals surface area contributed by atoms with Gasteiger partial charge in [0.05, 0.1) is 6.54 Å². The molecular formula is C25H28N4O2. The Bertz CT molecular complexity index is 1100. The molecule has 3 aromatic rings. The minimum Gasteiger partial charge on any atom is -0.322 e. The first-order valence-electron chi connectivity index (χ1n) is 10.8. The number of aryl methyl sites for hydroxylation is 1. The number of aromatic nitrogens is 2. The summed E-state index contributed by atoms with van der Waals surface area (Å²) in [6.07, 6.45) is 8.87. The van der Waals surface area contributed by atoms with Gasteiger partial charge in [-0.2, -0.15) is 0 Å². The fourth-order valence-electron chi connectivity index (χ4n) is 4.08. The van der Waals surface area contributed by atoms with E-state index in [0.717, 1.165) is 36.4 Å². The van der Waals surface area contributed by atoms with Gasteiger partial charge in [-0.15, -0.1) is 0 Å². The van der Waals surface area contributed by atoms with E-state index in [1.54, 1.807) is 30.1 Å². The first-order chi connectivity index (χ1) is 15.1. The first kappa shape index (κ1) is 21.0. The van der Waals surface area contributed by atoms with Crippen LogP contribution in [0.3, 0.4) is 0 Å². The summed E-state index contributed by atoms with van der Waals surface area (Å²) in [6.45, 7) is 5.14. The van der Waals surface area contributed by atoms with E-state index < -0.39 is 0 Å². The van der Waals surface area contributed by atoms with Crippen LogP contribution in [0.2, 0.25) is 0 Å². The van der Waals surface area contributed by atoms with E-state index in [0.29, 0.717) is 12.1 Å². The van der Waals surface area contributed by atoms with Gasteiger partial charge in [-0.25, -0.2) is 0 Å². The van der Waals surface area contributed by atoms with Crippen LogP contribution in [0.4, 0.5) is 5.69 Å². The van der Waals surface area contributed by atoms with Gasteiger partial charge in [0.2, 0.25) is 0 Å². The predicted molar refractivity (Wildman–Crippen MR) is 122 cm³/mol. The lowest BCUT2D eigenvalue weighted by molar-refractivity contribution is 0.102. The van der Waals surface area contributed by atoms with Gasteiger partial charge in [-0.05, 0) is 67.7 Å². The lowest BCUT2D eigenvalue weighted by atomic mass is 10.1. The molecule has 0 unspecified atom stereocenters. The number of hydrogen-bond acceptors (Lipinski definition) is 4. The van der Waals surface area contributed by atoms with Crippen LogP contribution < -0.4 is 10.9 Å². The molecule has 4 rings (SSSR count). The summed E-state index contributed by atoms with van der Waals surface area (Å²) in [5.41, 5.74) is 3.29. The quantitative estimate of drug-likeness (QED) is 0.663. The minimum atomic E-state index is -0.367. The second kappa shape index (κ2) is 9.71. The maximum absolute atomic E-state index is 13.2. The summed E-state index contributed by atoms with van der Waals surface area (Å²) >= 11 is 0. The fraction of sp³-hybridized carbons (Fsp3) is 0.320. The molecule has 1 aromatic carbocycles. The number of likely N-dealkylation sites (tertiary alicyclic amines) is 1. The molecule has 3 heterocycles. The van der Waals surface area contributed by atoms with Crippen molar-refractivity contribution in [1.29, 1.82) is 0 Å². The van der Waals surface area contributed by atoms with Crippen molar-refractivity contribution in [2.45, 2.75) is 39.3 Å². The molecule has 31 heavy (non-hydrogen) atoms. The smallest absolute Gasteiger partial charge is 0.263 e. The van der Waals surface area contributed by atoms with Gasteiger partial charge >= 0.3 is 0 Å². The minimum absolute atomic E-state index is 0.180. The number of para-hydroxylation sites is 1. The monoisotopic (exact) mass is 416 g/mol. The van der Waals surface area contributed by atoms with Crippen LogP contribution in [0.25, 0.3) is 0 Å². The number of amides is 1. The van der Waals surface area contributed by atoms with E-state index in [-0.39, 0.29) is 17.0 Å². The van der Waals surface area contributed by atoms with Gasteiger partial charge < -0.3 is 9.88 Å². The number of nitrogens with zero attached hydrogens (tertiary/aromatic N) is 3. The van der Waals surface area contributed by atoms with Gasteiger partial charge in [0.1, 0.15) is 5.56 Å². The fourth-order valence-corrected chi connectivity index (χ4v) is 4.08. The Balaban J connectivity index is 1.56. The highest BCUT2D eigenvalue weighted by Gasteiger charge is 2.18. The molecule has 0 aliphatic carbocycles. The van der Waals surface area contributed by atoms with E-state index in [4.69, 9.17) is 0 Å². The molecule has 1 N–H and O–H groups in total. The van der Waals surface area contributed by atoms with Crippen molar-refractivity contribution < 1.29 is 4.79 Å². The normalized spacial score (nSPS) is 14.4. The van der Waals surface area contributed by atoms with Crippen molar-refractivity contribution in [3.63, 3.8) is 0 Å². The molecule has 0 saturated carbocycles. The Morgan fingerprint density at radius 1 is 1.03 bits per heavy atom. The maximum Gasteiger partial charge on any atom is 0.263 e. The van der Waals surface area contributed by atoms with Gasteiger partial charge in [0.25, 0.3) is 11.5 Å². The van der Waals surface area contributed by atoms with Crippen molar-refractivity contribution in [2.24, 2.45) is 0 Å². The highest BCUT2D eigenvalue weighted by Crippen LogP contribution is 2.20. The molecule has 1 aliphatic heterocycles. The van der Waals surface area contributed by atoms with Gasteiger partial charge in [0, 0.05) is 30.8 Å². The zero-order chi connectivity index (χ0) is 21.6. The Kier molecular flexibility index (Phi) is 6.57. The number of hydrogen-bond donors (Lipinski definition) is 1. The topological polar surface area (TPSA) is 67.2 Å². The number of carbonyl (C=O) groups is 1. The summed E-state index contributed by atoms with van der Waals surface area (Å²) in [4.78, 5) is 32.8. The lowest BCUT2D eigenvalue weighted by Crippen LogP contribution is -2.31. The number of carbonyl (C=O) groups excluding carboxylic acids is 1. The SMILES string of the molecule is Cc1ccn(Cc2cccnc2)c(=O)c1C(=O)Nc1ccccc1CN1CCCCC1. The van der Waals surface area contributed by atoms with Crippen LogP contribution in [-0.4, -0.2) is 33.4 Å². The van der Waals surface area contributed by atoms with Crippen molar-refractivity contribution in [2.75, 3.05) is 18.4 Å². The summed E-state index contributed by atoms with van der Waals surface area (Å²) < 4.78 is 1.55. The molecule has 160 valence electrons. The summed E-state index contributed by atoms with van der Waals surface area (Å²) in [7, 11) is 0. The zero-order valence-corrected chi connectivity index (χ0v) is 17.9. The molecular weight excluding hydrogens is 388 g/mol. The number of benzene rings is 1. The Labute approximate surface area is 182 Å². The molecule has 1 saturated heterocycles. The second-order valence-corrected chi connectivity index (χ2v) is 8.12. The largest absolute Gasteiger partial charge is 0.322 e. The summed E-state index contributed by atoms with van der Waals surface area (Å²) in [6, 6.07) is 13.4. The van der Waals surface area contributed by atoms with Crippen LogP contribution in [0, 0.1) is 6.92 Å². The van der Waals surface area contributed by atoms with Crippen molar-refractivity contribution in [3.8, 4) is 0 Å². The van der Waals surface area contributed by atoms with Gasteiger partial charge in [-0.1, -0.05) is 30.7 Å². The van der Waals surface area contributed by atoms with Gasteiger partial charge in [-0.3, -0.25) is 19.5 Å². The highest BCUT2D eigenvalue weighted by molar-refractivity contribution is 6.05.